The van der Waals surface area contributed by atoms with Crippen LogP contribution in [0.15, 0.2) is 23.1 Å². The van der Waals surface area contributed by atoms with Crippen LogP contribution in [0.25, 0.3) is 0 Å². The Labute approximate surface area is 88.1 Å². The van der Waals surface area contributed by atoms with Crippen LogP contribution in [0.5, 0.6) is 0 Å². The molecule has 0 spiro atoms. The van der Waals surface area contributed by atoms with Crippen LogP contribution in [0.1, 0.15) is 10.4 Å². The van der Waals surface area contributed by atoms with Crippen molar-refractivity contribution in [3.05, 3.63) is 28.8 Å². The molecule has 0 aliphatic carbocycles. The zero-order chi connectivity index (χ0) is 10.7. The third-order valence-corrected chi connectivity index (χ3v) is 2.76. The number of hydrogen-bond acceptors (Lipinski definition) is 3. The van der Waals surface area contributed by atoms with E-state index in [9.17, 15) is 9.00 Å². The van der Waals surface area contributed by atoms with Crippen molar-refractivity contribution < 1.29 is 18.3 Å². The first kappa shape index (κ1) is 11.2. The van der Waals surface area contributed by atoms with Crippen LogP contribution in [0.2, 0.25) is 5.02 Å². The molecule has 1 aromatic rings. The summed E-state index contributed by atoms with van der Waals surface area (Å²) in [6.45, 7) is 0. The molecular formula is C8H7ClO4S. The van der Waals surface area contributed by atoms with E-state index in [1.165, 1.54) is 25.3 Å². The summed E-state index contributed by atoms with van der Waals surface area (Å²) in [5.41, 5.74) is 0.000772. The number of carbonyl (C=O) groups excluding carboxylic acids is 1. The lowest BCUT2D eigenvalue weighted by Crippen LogP contribution is -2.07. The molecule has 0 aliphatic rings. The summed E-state index contributed by atoms with van der Waals surface area (Å²) in [4.78, 5) is 11.0. The molecular weight excluding hydrogens is 228 g/mol. The first-order chi connectivity index (χ1) is 6.57. The molecule has 0 aromatic heterocycles. The van der Waals surface area contributed by atoms with Gasteiger partial charge in [0, 0.05) is 0 Å². The summed E-state index contributed by atoms with van der Waals surface area (Å²) in [6.07, 6.45) is 0. The predicted molar refractivity (Wildman–Crippen MR) is 51.8 cm³/mol. The van der Waals surface area contributed by atoms with Gasteiger partial charge in [0.05, 0.1) is 22.6 Å². The largest absolute Gasteiger partial charge is 0.465 e. The summed E-state index contributed by atoms with van der Waals surface area (Å²) in [5.74, 6) is -0.690. The second-order valence-electron chi connectivity index (χ2n) is 2.36. The third kappa shape index (κ3) is 2.12. The summed E-state index contributed by atoms with van der Waals surface area (Å²) in [7, 11) is 1.19. The second-order valence-corrected chi connectivity index (χ2v) is 3.67. The van der Waals surface area contributed by atoms with Gasteiger partial charge in [0.1, 0.15) is 0 Å². The molecule has 1 N–H and O–H groups in total. The van der Waals surface area contributed by atoms with Gasteiger partial charge in [-0.3, -0.25) is 0 Å². The molecule has 1 unspecified atom stereocenters. The Morgan fingerprint density at radius 1 is 1.57 bits per heavy atom. The predicted octanol–water partition coefficient (Wildman–Crippen LogP) is 1.71. The van der Waals surface area contributed by atoms with E-state index in [-0.39, 0.29) is 15.5 Å². The number of halogens is 1. The number of ether oxygens (including phenoxy) is 1. The third-order valence-electron chi connectivity index (χ3n) is 1.55. The van der Waals surface area contributed by atoms with Gasteiger partial charge in [-0.05, 0) is 12.1 Å². The number of hydrogen-bond donors (Lipinski definition) is 1. The van der Waals surface area contributed by atoms with E-state index in [1.54, 1.807) is 0 Å². The maximum atomic E-state index is 11.2. The maximum absolute atomic E-state index is 11.2. The van der Waals surface area contributed by atoms with Crippen molar-refractivity contribution in [1.82, 2.24) is 0 Å². The molecule has 76 valence electrons. The zero-order valence-corrected chi connectivity index (χ0v) is 8.76. The minimum atomic E-state index is -2.31. The molecule has 0 bridgehead atoms. The van der Waals surface area contributed by atoms with Gasteiger partial charge >= 0.3 is 5.97 Å². The van der Waals surface area contributed by atoms with E-state index in [0.717, 1.165) is 0 Å². The average Bonchev–Trinajstić information content (AvgIpc) is 2.15. The number of esters is 1. The van der Waals surface area contributed by atoms with Gasteiger partial charge < -0.3 is 9.29 Å². The zero-order valence-electron chi connectivity index (χ0n) is 7.19. The van der Waals surface area contributed by atoms with Crippen molar-refractivity contribution in [1.29, 1.82) is 0 Å². The Kier molecular flexibility index (Phi) is 3.62. The second kappa shape index (κ2) is 4.54. The van der Waals surface area contributed by atoms with E-state index in [0.29, 0.717) is 0 Å². The first-order valence-electron chi connectivity index (χ1n) is 3.55. The molecule has 1 rings (SSSR count). The number of carbonyl (C=O) groups is 1. The molecule has 0 aliphatic heterocycles. The van der Waals surface area contributed by atoms with Crippen molar-refractivity contribution in [2.75, 3.05) is 7.11 Å². The van der Waals surface area contributed by atoms with Crippen LogP contribution in [-0.4, -0.2) is 21.8 Å². The lowest BCUT2D eigenvalue weighted by atomic mass is 10.2. The van der Waals surface area contributed by atoms with E-state index in [2.05, 4.69) is 4.74 Å². The molecule has 0 radical (unpaired) electrons. The van der Waals surface area contributed by atoms with Gasteiger partial charge in [0.15, 0.2) is 11.1 Å². The van der Waals surface area contributed by atoms with E-state index < -0.39 is 17.0 Å². The van der Waals surface area contributed by atoms with Crippen molar-refractivity contribution in [2.24, 2.45) is 0 Å². The van der Waals surface area contributed by atoms with E-state index in [4.69, 9.17) is 16.2 Å². The average molecular weight is 235 g/mol. The van der Waals surface area contributed by atoms with Crippen molar-refractivity contribution in [2.45, 2.75) is 4.90 Å². The quantitative estimate of drug-likeness (QED) is 0.625. The molecule has 1 atom stereocenters. The monoisotopic (exact) mass is 234 g/mol. The van der Waals surface area contributed by atoms with Crippen LogP contribution < -0.4 is 0 Å². The Bertz CT molecular complexity index is 391. The Morgan fingerprint density at radius 3 is 2.71 bits per heavy atom. The minimum Gasteiger partial charge on any atom is -0.465 e. The van der Waals surface area contributed by atoms with Crippen molar-refractivity contribution >= 4 is 28.7 Å². The summed E-state index contributed by atoms with van der Waals surface area (Å²) >= 11 is 3.36. The standard InChI is InChI=1S/C8H7ClO4S/c1-13-8(10)5-3-2-4-6(9)7(5)14(11)12/h2-4H,1H3,(H,11,12). The Morgan fingerprint density at radius 2 is 2.21 bits per heavy atom. The molecule has 0 saturated heterocycles. The van der Waals surface area contributed by atoms with Gasteiger partial charge in [-0.25, -0.2) is 9.00 Å². The summed E-state index contributed by atoms with van der Waals surface area (Å²) < 4.78 is 24.2. The topological polar surface area (TPSA) is 63.6 Å². The minimum absolute atomic E-state index is 0.000772. The molecule has 0 amide bonds. The van der Waals surface area contributed by atoms with Crippen LogP contribution in [0, 0.1) is 0 Å². The molecule has 1 aromatic carbocycles. The molecule has 4 nitrogen and oxygen atoms in total. The number of rotatable bonds is 2. The summed E-state index contributed by atoms with van der Waals surface area (Å²) in [5, 5.41) is 0.0636. The van der Waals surface area contributed by atoms with Gasteiger partial charge in [-0.2, -0.15) is 0 Å². The Hall–Kier alpha value is -0.910. The lowest BCUT2D eigenvalue weighted by molar-refractivity contribution is 0.0596. The van der Waals surface area contributed by atoms with Gasteiger partial charge in [-0.1, -0.05) is 17.7 Å². The maximum Gasteiger partial charge on any atom is 0.339 e. The number of benzene rings is 1. The highest BCUT2D eigenvalue weighted by Gasteiger charge is 2.18. The molecule has 6 heteroatoms. The van der Waals surface area contributed by atoms with E-state index >= 15 is 0 Å². The van der Waals surface area contributed by atoms with Crippen LogP contribution in [0.3, 0.4) is 0 Å². The highest BCUT2D eigenvalue weighted by atomic mass is 35.5. The highest BCUT2D eigenvalue weighted by Crippen LogP contribution is 2.23. The fourth-order valence-electron chi connectivity index (χ4n) is 0.957. The Balaban J connectivity index is 3.35. The van der Waals surface area contributed by atoms with Gasteiger partial charge in [0.25, 0.3) is 0 Å². The molecule has 14 heavy (non-hydrogen) atoms. The smallest absolute Gasteiger partial charge is 0.339 e. The molecule has 0 fully saturated rings. The van der Waals surface area contributed by atoms with E-state index in [1.807, 2.05) is 0 Å². The number of methoxy groups -OCH3 is 1. The van der Waals surface area contributed by atoms with Crippen LogP contribution in [-0.2, 0) is 15.8 Å². The highest BCUT2D eigenvalue weighted by molar-refractivity contribution is 7.79. The summed E-state index contributed by atoms with van der Waals surface area (Å²) in [6, 6.07) is 4.31. The fourth-order valence-corrected chi connectivity index (χ4v) is 1.90. The van der Waals surface area contributed by atoms with Gasteiger partial charge in [0.2, 0.25) is 0 Å². The van der Waals surface area contributed by atoms with Crippen LogP contribution >= 0.6 is 11.6 Å². The molecule has 0 saturated carbocycles. The molecule has 0 heterocycles. The van der Waals surface area contributed by atoms with Gasteiger partial charge in [-0.15, -0.1) is 0 Å². The van der Waals surface area contributed by atoms with Crippen LogP contribution in [0.4, 0.5) is 0 Å². The normalized spacial score (nSPS) is 12.2. The fraction of sp³-hybridized carbons (Fsp3) is 0.125. The SMILES string of the molecule is COC(=O)c1cccc(Cl)c1S(=O)O. The lowest BCUT2D eigenvalue weighted by Gasteiger charge is -2.05. The van der Waals surface area contributed by atoms with Crippen molar-refractivity contribution in [3.8, 4) is 0 Å². The van der Waals surface area contributed by atoms with Crippen molar-refractivity contribution in [3.63, 3.8) is 0 Å². The first-order valence-corrected chi connectivity index (χ1v) is 5.04.